The average molecular weight is 271 g/mol. The zero-order valence-corrected chi connectivity index (χ0v) is 9.78. The molecule has 0 bridgehead atoms. The van der Waals surface area contributed by atoms with Gasteiger partial charge in [0.15, 0.2) is 5.65 Å². The van der Waals surface area contributed by atoms with E-state index in [0.717, 1.165) is 9.99 Å². The maximum atomic E-state index is 5.55. The highest BCUT2D eigenvalue weighted by molar-refractivity contribution is 9.10. The lowest BCUT2D eigenvalue weighted by Gasteiger charge is -2.08. The largest absolute Gasteiger partial charge is 0.372 e. The molecule has 6 heteroatoms. The number of hydrogen-bond acceptors (Lipinski definition) is 4. The van der Waals surface area contributed by atoms with Crippen LogP contribution < -0.4 is 5.73 Å². The van der Waals surface area contributed by atoms with Gasteiger partial charge in [-0.25, -0.2) is 9.97 Å². The van der Waals surface area contributed by atoms with E-state index in [-0.39, 0.29) is 6.10 Å². The van der Waals surface area contributed by atoms with Crippen molar-refractivity contribution < 1.29 is 4.74 Å². The number of imidazole rings is 1. The first kappa shape index (κ1) is 10.5. The predicted molar refractivity (Wildman–Crippen MR) is 60.4 cm³/mol. The number of aromatic nitrogens is 3. The number of methoxy groups -OCH3 is 1. The third-order valence-electron chi connectivity index (χ3n) is 2.13. The first-order chi connectivity index (χ1) is 7.24. The van der Waals surface area contributed by atoms with Crippen molar-refractivity contribution in [2.24, 2.45) is 5.73 Å². The first-order valence-corrected chi connectivity index (χ1v) is 5.28. The predicted octanol–water partition coefficient (Wildman–Crippen LogP) is 1.37. The Labute approximate surface area is 95.2 Å². The van der Waals surface area contributed by atoms with Gasteiger partial charge in [0.25, 0.3) is 0 Å². The second kappa shape index (κ2) is 4.26. The van der Waals surface area contributed by atoms with E-state index in [2.05, 4.69) is 30.9 Å². The zero-order chi connectivity index (χ0) is 10.8. The molecule has 2 aromatic heterocycles. The molecule has 2 rings (SSSR count). The molecular weight excluding hydrogens is 260 g/mol. The zero-order valence-electron chi connectivity index (χ0n) is 8.20. The summed E-state index contributed by atoms with van der Waals surface area (Å²) < 4.78 is 6.10. The SMILES string of the molecule is COC(CN)c1nc2ncc(Br)cc2[nH]1. The van der Waals surface area contributed by atoms with Crippen LogP contribution in [0.25, 0.3) is 11.2 Å². The molecule has 0 aliphatic carbocycles. The van der Waals surface area contributed by atoms with Gasteiger partial charge in [0, 0.05) is 24.3 Å². The molecule has 0 saturated carbocycles. The van der Waals surface area contributed by atoms with Crippen molar-refractivity contribution in [1.29, 1.82) is 0 Å². The number of ether oxygens (including phenoxy) is 1. The van der Waals surface area contributed by atoms with Crippen molar-refractivity contribution in [1.82, 2.24) is 15.0 Å². The van der Waals surface area contributed by atoms with E-state index in [4.69, 9.17) is 10.5 Å². The Morgan fingerprint density at radius 3 is 3.13 bits per heavy atom. The van der Waals surface area contributed by atoms with E-state index < -0.39 is 0 Å². The van der Waals surface area contributed by atoms with Gasteiger partial charge in [-0.05, 0) is 22.0 Å². The van der Waals surface area contributed by atoms with E-state index >= 15 is 0 Å². The first-order valence-electron chi connectivity index (χ1n) is 4.48. The lowest BCUT2D eigenvalue weighted by molar-refractivity contribution is 0.104. The molecule has 0 aromatic carbocycles. The van der Waals surface area contributed by atoms with Gasteiger partial charge >= 0.3 is 0 Å². The number of aromatic amines is 1. The molecule has 0 spiro atoms. The minimum atomic E-state index is -0.210. The molecule has 3 N–H and O–H groups in total. The summed E-state index contributed by atoms with van der Waals surface area (Å²) in [6.07, 6.45) is 1.50. The van der Waals surface area contributed by atoms with Crippen molar-refractivity contribution in [2.75, 3.05) is 13.7 Å². The van der Waals surface area contributed by atoms with Gasteiger partial charge in [-0.3, -0.25) is 0 Å². The maximum Gasteiger partial charge on any atom is 0.177 e. The molecule has 2 heterocycles. The molecule has 0 aliphatic heterocycles. The van der Waals surface area contributed by atoms with Crippen LogP contribution in [0, 0.1) is 0 Å². The Kier molecular flexibility index (Phi) is 2.99. The van der Waals surface area contributed by atoms with Crippen LogP contribution in [-0.4, -0.2) is 28.6 Å². The Balaban J connectivity index is 2.46. The number of nitrogens with one attached hydrogen (secondary N) is 1. The number of hydrogen-bond donors (Lipinski definition) is 2. The fourth-order valence-electron chi connectivity index (χ4n) is 1.37. The molecule has 0 saturated heterocycles. The maximum absolute atomic E-state index is 5.55. The molecule has 1 unspecified atom stereocenters. The molecule has 1 atom stereocenters. The third kappa shape index (κ3) is 2.01. The number of halogens is 1. The molecule has 0 amide bonds. The van der Waals surface area contributed by atoms with Gasteiger partial charge in [0.2, 0.25) is 0 Å². The van der Waals surface area contributed by atoms with Crippen LogP contribution in [0.1, 0.15) is 11.9 Å². The highest BCUT2D eigenvalue weighted by Crippen LogP contribution is 2.18. The van der Waals surface area contributed by atoms with E-state index in [9.17, 15) is 0 Å². The standard InChI is InChI=1S/C9H11BrN4O/c1-15-7(3-11)9-13-6-2-5(10)4-12-8(6)14-9/h2,4,7H,3,11H2,1H3,(H,12,13,14). The lowest BCUT2D eigenvalue weighted by Crippen LogP contribution is -2.15. The van der Waals surface area contributed by atoms with Gasteiger partial charge in [0.05, 0.1) is 5.52 Å². The Morgan fingerprint density at radius 2 is 2.47 bits per heavy atom. The Morgan fingerprint density at radius 1 is 1.67 bits per heavy atom. The summed E-state index contributed by atoms with van der Waals surface area (Å²) in [6.45, 7) is 0.386. The number of H-pyrrole nitrogens is 1. The number of nitrogens with two attached hydrogens (primary N) is 1. The minimum absolute atomic E-state index is 0.210. The monoisotopic (exact) mass is 270 g/mol. The van der Waals surface area contributed by atoms with E-state index in [0.29, 0.717) is 18.0 Å². The van der Waals surface area contributed by atoms with Crippen molar-refractivity contribution in [3.8, 4) is 0 Å². The third-order valence-corrected chi connectivity index (χ3v) is 2.56. The molecule has 80 valence electrons. The van der Waals surface area contributed by atoms with Crippen LogP contribution >= 0.6 is 15.9 Å². The highest BCUT2D eigenvalue weighted by atomic mass is 79.9. The second-order valence-electron chi connectivity index (χ2n) is 3.11. The topological polar surface area (TPSA) is 76.8 Å². The molecular formula is C9H11BrN4O. The number of rotatable bonds is 3. The van der Waals surface area contributed by atoms with Crippen molar-refractivity contribution >= 4 is 27.1 Å². The van der Waals surface area contributed by atoms with Gasteiger partial charge in [-0.2, -0.15) is 0 Å². The van der Waals surface area contributed by atoms with Gasteiger partial charge in [0.1, 0.15) is 11.9 Å². The second-order valence-corrected chi connectivity index (χ2v) is 4.02. The van der Waals surface area contributed by atoms with Crippen LogP contribution in [0.2, 0.25) is 0 Å². The summed E-state index contributed by atoms with van der Waals surface area (Å²) in [5.41, 5.74) is 7.09. The van der Waals surface area contributed by atoms with Gasteiger partial charge < -0.3 is 15.5 Å². The van der Waals surface area contributed by atoms with E-state index in [1.54, 1.807) is 13.3 Å². The van der Waals surface area contributed by atoms with Crippen LogP contribution in [0.15, 0.2) is 16.7 Å². The Hall–Kier alpha value is -0.980. The number of pyridine rings is 1. The smallest absolute Gasteiger partial charge is 0.177 e. The molecule has 2 aromatic rings. The fourth-order valence-corrected chi connectivity index (χ4v) is 1.70. The lowest BCUT2D eigenvalue weighted by atomic mass is 10.3. The molecule has 5 nitrogen and oxygen atoms in total. The summed E-state index contributed by atoms with van der Waals surface area (Å²) in [5.74, 6) is 0.709. The van der Waals surface area contributed by atoms with Gasteiger partial charge in [-0.1, -0.05) is 0 Å². The summed E-state index contributed by atoms with van der Waals surface area (Å²) in [5, 5.41) is 0. The fraction of sp³-hybridized carbons (Fsp3) is 0.333. The summed E-state index contributed by atoms with van der Waals surface area (Å²) in [4.78, 5) is 11.6. The molecule has 0 aliphatic rings. The highest BCUT2D eigenvalue weighted by Gasteiger charge is 2.13. The van der Waals surface area contributed by atoms with E-state index in [1.807, 2.05) is 6.07 Å². The summed E-state index contributed by atoms with van der Waals surface area (Å²) in [6, 6.07) is 1.92. The normalized spacial score (nSPS) is 13.3. The van der Waals surface area contributed by atoms with Crippen LogP contribution in [0.3, 0.4) is 0 Å². The quantitative estimate of drug-likeness (QED) is 0.883. The summed E-state index contributed by atoms with van der Waals surface area (Å²) >= 11 is 3.35. The van der Waals surface area contributed by atoms with Crippen LogP contribution in [0.4, 0.5) is 0 Å². The summed E-state index contributed by atoms with van der Waals surface area (Å²) in [7, 11) is 1.61. The van der Waals surface area contributed by atoms with Crippen molar-refractivity contribution in [3.63, 3.8) is 0 Å². The van der Waals surface area contributed by atoms with Crippen LogP contribution in [-0.2, 0) is 4.74 Å². The molecule has 15 heavy (non-hydrogen) atoms. The van der Waals surface area contributed by atoms with E-state index in [1.165, 1.54) is 0 Å². The molecule has 0 fully saturated rings. The van der Waals surface area contributed by atoms with Crippen molar-refractivity contribution in [2.45, 2.75) is 6.10 Å². The minimum Gasteiger partial charge on any atom is -0.372 e. The number of fused-ring (bicyclic) bond motifs is 1. The Bertz CT molecular complexity index is 466. The average Bonchev–Trinajstić information content (AvgIpc) is 2.62. The molecule has 0 radical (unpaired) electrons. The van der Waals surface area contributed by atoms with Crippen molar-refractivity contribution in [3.05, 3.63) is 22.6 Å². The van der Waals surface area contributed by atoms with Gasteiger partial charge in [-0.15, -0.1) is 0 Å². The van der Waals surface area contributed by atoms with Crippen LogP contribution in [0.5, 0.6) is 0 Å². The number of nitrogens with zero attached hydrogens (tertiary/aromatic N) is 2.